The molecule has 8 heteroatoms. The summed E-state index contributed by atoms with van der Waals surface area (Å²) in [6.07, 6.45) is 1.16. The van der Waals surface area contributed by atoms with E-state index in [1.807, 2.05) is 30.3 Å². The Morgan fingerprint density at radius 2 is 1.79 bits per heavy atom. The maximum atomic E-state index is 13.2. The standard InChI is InChI=1S/C21H21ClN2O4S/c1-29(26,27)14-18-17-7-2-3-8-19(17)28-20(18)21(25)24-11-9-23(10-12-24)16-6-4-5-15(22)13-16/h2-8,13H,9-12,14H2,1H3. The number of carbonyl (C=O) groups is 1. The molecule has 0 saturated carbocycles. The number of hydrogen-bond donors (Lipinski definition) is 0. The molecular formula is C21H21ClN2O4S. The van der Waals surface area contributed by atoms with E-state index in [-0.39, 0.29) is 17.4 Å². The Morgan fingerprint density at radius 3 is 2.48 bits per heavy atom. The van der Waals surface area contributed by atoms with Gasteiger partial charge in [0, 0.05) is 54.1 Å². The lowest BCUT2D eigenvalue weighted by molar-refractivity contribution is 0.0716. The molecule has 6 nitrogen and oxygen atoms in total. The molecular weight excluding hydrogens is 412 g/mol. The fraction of sp³-hybridized carbons (Fsp3) is 0.286. The van der Waals surface area contributed by atoms with Crippen LogP contribution in [0.25, 0.3) is 11.0 Å². The van der Waals surface area contributed by atoms with E-state index in [1.165, 1.54) is 0 Å². The fourth-order valence-corrected chi connectivity index (χ4v) is 4.66. The number of para-hydroxylation sites is 1. The first-order valence-electron chi connectivity index (χ1n) is 9.30. The first kappa shape index (κ1) is 19.8. The molecule has 29 heavy (non-hydrogen) atoms. The number of anilines is 1. The summed E-state index contributed by atoms with van der Waals surface area (Å²) in [6, 6.07) is 14.8. The molecule has 2 aromatic carbocycles. The van der Waals surface area contributed by atoms with Crippen molar-refractivity contribution in [1.82, 2.24) is 4.90 Å². The quantitative estimate of drug-likeness (QED) is 0.630. The Labute approximate surface area is 174 Å². The lowest BCUT2D eigenvalue weighted by atomic mass is 10.1. The first-order valence-corrected chi connectivity index (χ1v) is 11.7. The molecule has 0 N–H and O–H groups in total. The topological polar surface area (TPSA) is 70.8 Å². The lowest BCUT2D eigenvalue weighted by Gasteiger charge is -2.35. The number of carbonyl (C=O) groups excluding carboxylic acids is 1. The van der Waals surface area contributed by atoms with Crippen LogP contribution in [0.1, 0.15) is 16.1 Å². The van der Waals surface area contributed by atoms with Crippen molar-refractivity contribution in [2.24, 2.45) is 0 Å². The summed E-state index contributed by atoms with van der Waals surface area (Å²) in [5, 5.41) is 1.34. The Kier molecular flexibility index (Phi) is 5.27. The summed E-state index contributed by atoms with van der Waals surface area (Å²) in [7, 11) is -3.33. The number of nitrogens with zero attached hydrogens (tertiary/aromatic N) is 2. The first-order chi connectivity index (χ1) is 13.8. The smallest absolute Gasteiger partial charge is 0.290 e. The van der Waals surface area contributed by atoms with Crippen LogP contribution in [0.4, 0.5) is 5.69 Å². The number of rotatable bonds is 4. The molecule has 0 aliphatic carbocycles. The van der Waals surface area contributed by atoms with Crippen LogP contribution in [-0.2, 0) is 15.6 Å². The van der Waals surface area contributed by atoms with Crippen molar-refractivity contribution >= 4 is 44.0 Å². The Hall–Kier alpha value is -2.51. The summed E-state index contributed by atoms with van der Waals surface area (Å²) < 4.78 is 29.7. The van der Waals surface area contributed by atoms with E-state index in [2.05, 4.69) is 4.90 Å². The lowest BCUT2D eigenvalue weighted by Crippen LogP contribution is -2.48. The molecule has 0 radical (unpaired) electrons. The van der Waals surface area contributed by atoms with Gasteiger partial charge in [0.25, 0.3) is 5.91 Å². The van der Waals surface area contributed by atoms with Crippen molar-refractivity contribution in [1.29, 1.82) is 0 Å². The Morgan fingerprint density at radius 1 is 1.07 bits per heavy atom. The molecule has 3 aromatic rings. The number of piperazine rings is 1. The highest BCUT2D eigenvalue weighted by Gasteiger charge is 2.29. The van der Waals surface area contributed by atoms with Gasteiger partial charge in [0.1, 0.15) is 5.58 Å². The van der Waals surface area contributed by atoms with Gasteiger partial charge in [-0.2, -0.15) is 0 Å². The fourth-order valence-electron chi connectivity index (χ4n) is 3.66. The Balaban J connectivity index is 1.57. The van der Waals surface area contributed by atoms with Gasteiger partial charge < -0.3 is 14.2 Å². The van der Waals surface area contributed by atoms with Crippen molar-refractivity contribution < 1.29 is 17.6 Å². The number of amides is 1. The third-order valence-electron chi connectivity index (χ3n) is 5.04. The van der Waals surface area contributed by atoms with Crippen molar-refractivity contribution in [3.05, 3.63) is 64.9 Å². The summed E-state index contributed by atoms with van der Waals surface area (Å²) in [5.74, 6) is -0.383. The molecule has 152 valence electrons. The molecule has 2 heterocycles. The highest BCUT2D eigenvalue weighted by molar-refractivity contribution is 7.89. The monoisotopic (exact) mass is 432 g/mol. The minimum atomic E-state index is -3.33. The predicted octanol–water partition coefficient (Wildman–Crippen LogP) is 3.59. The van der Waals surface area contributed by atoms with E-state index in [0.717, 1.165) is 11.9 Å². The van der Waals surface area contributed by atoms with Gasteiger partial charge in [-0.05, 0) is 24.3 Å². The molecule has 0 bridgehead atoms. The zero-order valence-corrected chi connectivity index (χ0v) is 17.5. The number of furan rings is 1. The molecule has 0 atom stereocenters. The number of fused-ring (bicyclic) bond motifs is 1. The second kappa shape index (κ2) is 7.72. The predicted molar refractivity (Wildman–Crippen MR) is 114 cm³/mol. The van der Waals surface area contributed by atoms with E-state index in [4.69, 9.17) is 16.0 Å². The minimum Gasteiger partial charge on any atom is -0.451 e. The highest BCUT2D eigenvalue weighted by Crippen LogP contribution is 2.29. The van der Waals surface area contributed by atoms with E-state index >= 15 is 0 Å². The molecule has 0 spiro atoms. The van der Waals surface area contributed by atoms with E-state index < -0.39 is 9.84 Å². The summed E-state index contributed by atoms with van der Waals surface area (Å²) in [4.78, 5) is 17.1. The average molecular weight is 433 g/mol. The van der Waals surface area contributed by atoms with Crippen LogP contribution >= 0.6 is 11.6 Å². The number of halogens is 1. The van der Waals surface area contributed by atoms with Gasteiger partial charge in [0.2, 0.25) is 0 Å². The van der Waals surface area contributed by atoms with Crippen LogP contribution in [0.15, 0.2) is 52.9 Å². The molecule has 1 aliphatic heterocycles. The van der Waals surface area contributed by atoms with E-state index in [1.54, 1.807) is 23.1 Å². The van der Waals surface area contributed by atoms with Crippen molar-refractivity contribution in [2.45, 2.75) is 5.75 Å². The van der Waals surface area contributed by atoms with Gasteiger partial charge >= 0.3 is 0 Å². The van der Waals surface area contributed by atoms with Crippen LogP contribution in [-0.4, -0.2) is 51.7 Å². The summed E-state index contributed by atoms with van der Waals surface area (Å²) >= 11 is 6.08. The summed E-state index contributed by atoms with van der Waals surface area (Å²) in [5.41, 5.74) is 1.98. The van der Waals surface area contributed by atoms with Crippen LogP contribution in [0, 0.1) is 0 Å². The molecule has 4 rings (SSSR count). The van der Waals surface area contributed by atoms with Crippen LogP contribution in [0.3, 0.4) is 0 Å². The van der Waals surface area contributed by atoms with Gasteiger partial charge in [0.05, 0.1) is 5.75 Å². The third kappa shape index (κ3) is 4.26. The zero-order chi connectivity index (χ0) is 20.6. The van der Waals surface area contributed by atoms with Crippen molar-refractivity contribution in [2.75, 3.05) is 37.3 Å². The number of benzene rings is 2. The molecule has 1 fully saturated rings. The zero-order valence-electron chi connectivity index (χ0n) is 16.0. The summed E-state index contributed by atoms with van der Waals surface area (Å²) in [6.45, 7) is 2.35. The maximum Gasteiger partial charge on any atom is 0.290 e. The minimum absolute atomic E-state index is 0.118. The number of hydrogen-bond acceptors (Lipinski definition) is 5. The normalized spacial score (nSPS) is 15.1. The molecule has 1 amide bonds. The second-order valence-corrected chi connectivity index (χ2v) is 9.81. The van der Waals surface area contributed by atoms with Crippen molar-refractivity contribution in [3.63, 3.8) is 0 Å². The van der Waals surface area contributed by atoms with Gasteiger partial charge in [0.15, 0.2) is 15.6 Å². The third-order valence-corrected chi connectivity index (χ3v) is 6.09. The number of sulfone groups is 1. The second-order valence-electron chi connectivity index (χ2n) is 7.24. The molecule has 1 saturated heterocycles. The molecule has 1 aromatic heterocycles. The van der Waals surface area contributed by atoms with Crippen molar-refractivity contribution in [3.8, 4) is 0 Å². The van der Waals surface area contributed by atoms with Gasteiger partial charge in [-0.3, -0.25) is 4.79 Å². The largest absolute Gasteiger partial charge is 0.451 e. The van der Waals surface area contributed by atoms with Crippen LogP contribution in [0.5, 0.6) is 0 Å². The van der Waals surface area contributed by atoms with Gasteiger partial charge in [-0.1, -0.05) is 35.9 Å². The Bertz CT molecular complexity index is 1160. The maximum absolute atomic E-state index is 13.2. The van der Waals surface area contributed by atoms with E-state index in [9.17, 15) is 13.2 Å². The van der Waals surface area contributed by atoms with Crippen LogP contribution < -0.4 is 4.90 Å². The average Bonchev–Trinajstić information content (AvgIpc) is 3.04. The highest BCUT2D eigenvalue weighted by atomic mass is 35.5. The van der Waals surface area contributed by atoms with E-state index in [0.29, 0.717) is 47.7 Å². The van der Waals surface area contributed by atoms with Gasteiger partial charge in [-0.15, -0.1) is 0 Å². The molecule has 0 unspecified atom stereocenters. The van der Waals surface area contributed by atoms with Gasteiger partial charge in [-0.25, -0.2) is 8.42 Å². The molecule has 1 aliphatic rings. The SMILES string of the molecule is CS(=O)(=O)Cc1c(C(=O)N2CCN(c3cccc(Cl)c3)CC2)oc2ccccc12. The van der Waals surface area contributed by atoms with Crippen LogP contribution in [0.2, 0.25) is 5.02 Å².